The van der Waals surface area contributed by atoms with Crippen LogP contribution in [0.15, 0.2) is 72.6 Å². The maximum Gasteiger partial charge on any atom is 0.160 e. The second kappa shape index (κ2) is 7.83. The molecule has 1 saturated heterocycles. The number of ether oxygens (including phenoxy) is 3. The third kappa shape index (κ3) is 3.42. The highest BCUT2D eigenvalue weighted by atomic mass is 16.5. The molecular weight excluding hydrogens is 326 g/mol. The zero-order valence-corrected chi connectivity index (χ0v) is 15.1. The molecule has 0 aromatic heterocycles. The minimum absolute atomic E-state index is 0.129. The van der Waals surface area contributed by atoms with E-state index < -0.39 is 0 Å². The predicted molar refractivity (Wildman–Crippen MR) is 102 cm³/mol. The highest BCUT2D eigenvalue weighted by Crippen LogP contribution is 2.37. The maximum absolute atomic E-state index is 5.82. The van der Waals surface area contributed by atoms with Crippen LogP contribution in [0, 0.1) is 0 Å². The summed E-state index contributed by atoms with van der Waals surface area (Å²) in [6.07, 6.45) is 14.8. The fraction of sp³-hybridized carbons (Fsp3) is 0.364. The largest absolute Gasteiger partial charge is 0.496 e. The first kappa shape index (κ1) is 17.0. The summed E-state index contributed by atoms with van der Waals surface area (Å²) < 4.78 is 16.8. The van der Waals surface area contributed by atoms with Crippen LogP contribution in [0.1, 0.15) is 30.7 Å². The molecule has 0 spiro atoms. The van der Waals surface area contributed by atoms with Gasteiger partial charge in [-0.15, -0.1) is 0 Å². The van der Waals surface area contributed by atoms with Crippen LogP contribution in [-0.4, -0.2) is 31.1 Å². The van der Waals surface area contributed by atoms with E-state index in [0.29, 0.717) is 5.92 Å². The molecule has 0 amide bonds. The molecule has 4 heteroatoms. The SMILES string of the molecule is COc1ccccc1[C@@H]1CCN(C(C2=CC=CCC2)C2=COC=CO2)C1. The number of para-hydroxylation sites is 1. The minimum atomic E-state index is 0.129. The molecule has 1 aromatic carbocycles. The van der Waals surface area contributed by atoms with E-state index in [1.165, 1.54) is 11.1 Å². The van der Waals surface area contributed by atoms with Gasteiger partial charge in [0.25, 0.3) is 0 Å². The number of hydrogen-bond donors (Lipinski definition) is 0. The molecule has 2 heterocycles. The lowest BCUT2D eigenvalue weighted by atomic mass is 9.94. The summed E-state index contributed by atoms with van der Waals surface area (Å²) in [5, 5.41) is 0. The average molecular weight is 351 g/mol. The number of likely N-dealkylation sites (tertiary alicyclic amines) is 1. The Morgan fingerprint density at radius 3 is 2.92 bits per heavy atom. The molecule has 1 fully saturated rings. The molecule has 0 radical (unpaired) electrons. The number of methoxy groups -OCH3 is 1. The predicted octanol–water partition coefficient (Wildman–Crippen LogP) is 4.49. The lowest BCUT2D eigenvalue weighted by molar-refractivity contribution is 0.178. The van der Waals surface area contributed by atoms with Gasteiger partial charge in [0.2, 0.25) is 0 Å². The van der Waals surface area contributed by atoms with Crippen molar-refractivity contribution in [3.05, 3.63) is 78.2 Å². The van der Waals surface area contributed by atoms with Crippen LogP contribution in [0.3, 0.4) is 0 Å². The molecule has 1 aromatic rings. The fourth-order valence-electron chi connectivity index (χ4n) is 4.13. The second-order valence-electron chi connectivity index (χ2n) is 6.88. The second-order valence-corrected chi connectivity index (χ2v) is 6.88. The Labute approximate surface area is 155 Å². The first-order chi connectivity index (χ1) is 12.9. The molecule has 4 rings (SSSR count). The third-order valence-corrected chi connectivity index (χ3v) is 5.35. The van der Waals surface area contributed by atoms with Crippen molar-refractivity contribution in [2.45, 2.75) is 31.2 Å². The summed E-state index contributed by atoms with van der Waals surface area (Å²) >= 11 is 0. The monoisotopic (exact) mass is 351 g/mol. The van der Waals surface area contributed by atoms with Gasteiger partial charge in [0, 0.05) is 12.5 Å². The average Bonchev–Trinajstić information content (AvgIpc) is 3.19. The van der Waals surface area contributed by atoms with E-state index in [2.05, 4.69) is 41.3 Å². The maximum atomic E-state index is 5.82. The lowest BCUT2D eigenvalue weighted by Crippen LogP contribution is -2.37. The normalized spacial score (nSPS) is 23.7. The van der Waals surface area contributed by atoms with Crippen LogP contribution in [0.4, 0.5) is 0 Å². The Morgan fingerprint density at radius 2 is 2.15 bits per heavy atom. The molecule has 26 heavy (non-hydrogen) atoms. The molecule has 0 saturated carbocycles. The number of rotatable bonds is 5. The van der Waals surface area contributed by atoms with Crippen LogP contribution >= 0.6 is 0 Å². The first-order valence-corrected chi connectivity index (χ1v) is 9.26. The van der Waals surface area contributed by atoms with E-state index in [-0.39, 0.29) is 6.04 Å². The molecule has 0 N–H and O–H groups in total. The fourth-order valence-corrected chi connectivity index (χ4v) is 4.13. The van der Waals surface area contributed by atoms with Gasteiger partial charge in [-0.1, -0.05) is 36.4 Å². The molecule has 2 aliphatic heterocycles. The van der Waals surface area contributed by atoms with Crippen LogP contribution in [0.25, 0.3) is 0 Å². The standard InChI is InChI=1S/C22H25NO3/c1-24-20-10-6-5-9-19(20)18-11-12-23(15-18)22(17-7-3-2-4-8-17)21-16-25-13-14-26-21/h2-3,5-7,9-10,13-14,16,18,22H,4,8,11-12,15H2,1H3/t18-,22?/m1/s1. The Kier molecular flexibility index (Phi) is 5.12. The molecule has 4 nitrogen and oxygen atoms in total. The van der Waals surface area contributed by atoms with Gasteiger partial charge in [-0.2, -0.15) is 0 Å². The van der Waals surface area contributed by atoms with Crippen molar-refractivity contribution >= 4 is 0 Å². The van der Waals surface area contributed by atoms with Gasteiger partial charge in [-0.3, -0.25) is 4.90 Å². The van der Waals surface area contributed by atoms with Crippen LogP contribution in [0.5, 0.6) is 5.75 Å². The van der Waals surface area contributed by atoms with E-state index in [1.807, 2.05) is 6.07 Å². The molecule has 1 unspecified atom stereocenters. The van der Waals surface area contributed by atoms with Crippen molar-refractivity contribution in [1.82, 2.24) is 4.90 Å². The number of allylic oxidation sites excluding steroid dienone is 3. The van der Waals surface area contributed by atoms with Crippen LogP contribution in [-0.2, 0) is 9.47 Å². The van der Waals surface area contributed by atoms with Gasteiger partial charge in [0.15, 0.2) is 5.76 Å². The molecule has 1 aliphatic carbocycles. The molecule has 3 aliphatic rings. The Bertz CT molecular complexity index is 762. The van der Waals surface area contributed by atoms with E-state index in [1.54, 1.807) is 25.9 Å². The molecule has 2 atom stereocenters. The van der Waals surface area contributed by atoms with Crippen molar-refractivity contribution < 1.29 is 14.2 Å². The summed E-state index contributed by atoms with van der Waals surface area (Å²) in [6.45, 7) is 2.01. The topological polar surface area (TPSA) is 30.9 Å². The molecule has 0 bridgehead atoms. The summed E-state index contributed by atoms with van der Waals surface area (Å²) in [7, 11) is 1.75. The van der Waals surface area contributed by atoms with Gasteiger partial charge in [-0.25, -0.2) is 0 Å². The van der Waals surface area contributed by atoms with Crippen molar-refractivity contribution in [2.24, 2.45) is 0 Å². The first-order valence-electron chi connectivity index (χ1n) is 9.26. The van der Waals surface area contributed by atoms with Crippen molar-refractivity contribution in [2.75, 3.05) is 20.2 Å². The van der Waals surface area contributed by atoms with E-state index in [4.69, 9.17) is 14.2 Å². The van der Waals surface area contributed by atoms with Gasteiger partial charge in [0.1, 0.15) is 24.5 Å². The number of nitrogens with zero attached hydrogens (tertiary/aromatic N) is 1. The van der Waals surface area contributed by atoms with E-state index >= 15 is 0 Å². The lowest BCUT2D eigenvalue weighted by Gasteiger charge is -2.32. The quantitative estimate of drug-likeness (QED) is 0.782. The summed E-state index contributed by atoms with van der Waals surface area (Å²) in [5.74, 6) is 2.32. The molecule has 136 valence electrons. The minimum Gasteiger partial charge on any atom is -0.496 e. The zero-order chi connectivity index (χ0) is 17.8. The highest BCUT2D eigenvalue weighted by molar-refractivity contribution is 5.38. The Morgan fingerprint density at radius 1 is 1.23 bits per heavy atom. The third-order valence-electron chi connectivity index (χ3n) is 5.35. The Hall–Kier alpha value is -2.46. The highest BCUT2D eigenvalue weighted by Gasteiger charge is 2.35. The summed E-state index contributed by atoms with van der Waals surface area (Å²) in [6, 6.07) is 8.49. The smallest absolute Gasteiger partial charge is 0.160 e. The summed E-state index contributed by atoms with van der Waals surface area (Å²) in [4.78, 5) is 2.51. The zero-order valence-electron chi connectivity index (χ0n) is 15.1. The molecular formula is C22H25NO3. The van der Waals surface area contributed by atoms with Crippen LogP contribution in [0.2, 0.25) is 0 Å². The van der Waals surface area contributed by atoms with Crippen molar-refractivity contribution in [3.63, 3.8) is 0 Å². The van der Waals surface area contributed by atoms with E-state index in [9.17, 15) is 0 Å². The summed E-state index contributed by atoms with van der Waals surface area (Å²) in [5.41, 5.74) is 2.68. The van der Waals surface area contributed by atoms with Gasteiger partial charge in [-0.05, 0) is 43.0 Å². The van der Waals surface area contributed by atoms with Crippen molar-refractivity contribution in [3.8, 4) is 5.75 Å². The van der Waals surface area contributed by atoms with Crippen LogP contribution < -0.4 is 4.74 Å². The van der Waals surface area contributed by atoms with Crippen molar-refractivity contribution in [1.29, 1.82) is 0 Å². The van der Waals surface area contributed by atoms with Gasteiger partial charge in [0.05, 0.1) is 13.2 Å². The van der Waals surface area contributed by atoms with E-state index in [0.717, 1.165) is 43.9 Å². The number of benzene rings is 1. The Balaban J connectivity index is 1.58. The van der Waals surface area contributed by atoms with Gasteiger partial charge >= 0.3 is 0 Å². The number of hydrogen-bond acceptors (Lipinski definition) is 4. The van der Waals surface area contributed by atoms with Gasteiger partial charge < -0.3 is 14.2 Å².